The smallest absolute Gasteiger partial charge is 0.246 e. The summed E-state index contributed by atoms with van der Waals surface area (Å²) in [7, 11) is 2.05. The van der Waals surface area contributed by atoms with Crippen LogP contribution in [-0.4, -0.2) is 92.4 Å². The van der Waals surface area contributed by atoms with Gasteiger partial charge in [0.2, 0.25) is 11.8 Å². The Hall–Kier alpha value is -4.64. The summed E-state index contributed by atoms with van der Waals surface area (Å²) in [5, 5.41) is 22.6. The lowest BCUT2D eigenvalue weighted by Gasteiger charge is -2.43. The van der Waals surface area contributed by atoms with Crippen molar-refractivity contribution in [1.29, 1.82) is 10.5 Å². The van der Waals surface area contributed by atoms with E-state index >= 15 is 0 Å². The highest BCUT2D eigenvalue weighted by molar-refractivity contribution is 5.97. The number of hydrogen-bond acceptors (Lipinski definition) is 9. The van der Waals surface area contributed by atoms with Gasteiger partial charge in [0.05, 0.1) is 55.7 Å². The highest BCUT2D eigenvalue weighted by Gasteiger charge is 2.35. The third-order valence-electron chi connectivity index (χ3n) is 9.36. The summed E-state index contributed by atoms with van der Waals surface area (Å²) < 4.78 is 12.1. The van der Waals surface area contributed by atoms with Crippen LogP contribution in [-0.2, 0) is 22.5 Å². The zero-order valence-electron chi connectivity index (χ0n) is 26.0. The van der Waals surface area contributed by atoms with E-state index < -0.39 is 0 Å². The van der Waals surface area contributed by atoms with Gasteiger partial charge in [0, 0.05) is 49.4 Å². The number of rotatable bonds is 7. The molecule has 0 N–H and O–H groups in total. The fraction of sp³-hybridized carbons (Fsp3) is 0.429. The summed E-state index contributed by atoms with van der Waals surface area (Å²) in [6.07, 6.45) is 2.19. The summed E-state index contributed by atoms with van der Waals surface area (Å²) in [5.41, 5.74) is 5.52. The molecule has 0 spiro atoms. The lowest BCUT2D eigenvalue weighted by Crippen LogP contribution is -2.55. The number of aryl methyl sites for hydroxylation is 1. The molecule has 0 aliphatic carbocycles. The van der Waals surface area contributed by atoms with E-state index in [4.69, 9.17) is 14.5 Å². The second kappa shape index (κ2) is 13.2. The van der Waals surface area contributed by atoms with Crippen molar-refractivity contribution in [2.24, 2.45) is 0 Å². The van der Waals surface area contributed by atoms with Crippen molar-refractivity contribution in [2.75, 3.05) is 69.4 Å². The number of carbonyl (C=O) groups is 1. The standard InChI is InChI=1S/C35H39N7O3/c1-4-32(43)42-16-15-41(20-26(42)11-13-36)34-28-12-14-40(31-10-6-9-25-8-5-7-24(2)33(25)31)21-30(28)38-35(29(34)19-37)45-23-27-22-44-18-17-39(27)3/h4-10,26-27H,1,11-12,14-18,20-23H2,2-3H3. The summed E-state index contributed by atoms with van der Waals surface area (Å²) in [6, 6.07) is 17.2. The maximum Gasteiger partial charge on any atom is 0.246 e. The zero-order chi connectivity index (χ0) is 31.5. The van der Waals surface area contributed by atoms with Crippen LogP contribution in [0, 0.1) is 29.6 Å². The van der Waals surface area contributed by atoms with Gasteiger partial charge >= 0.3 is 0 Å². The Kier molecular flexibility index (Phi) is 8.88. The molecule has 10 heteroatoms. The molecule has 1 aromatic heterocycles. The number of anilines is 2. The van der Waals surface area contributed by atoms with Gasteiger partial charge in [-0.3, -0.25) is 9.69 Å². The minimum atomic E-state index is -0.319. The lowest BCUT2D eigenvalue weighted by molar-refractivity contribution is -0.128. The molecule has 2 atom stereocenters. The molecule has 0 bridgehead atoms. The quantitative estimate of drug-likeness (QED) is 0.372. The molecule has 3 aliphatic heterocycles. The Balaban J connectivity index is 1.40. The van der Waals surface area contributed by atoms with Gasteiger partial charge in [0.25, 0.3) is 0 Å². The van der Waals surface area contributed by atoms with Crippen molar-refractivity contribution in [3.8, 4) is 18.0 Å². The van der Waals surface area contributed by atoms with Gasteiger partial charge in [-0.25, -0.2) is 4.98 Å². The van der Waals surface area contributed by atoms with Gasteiger partial charge in [-0.1, -0.05) is 36.9 Å². The molecule has 2 saturated heterocycles. The predicted molar refractivity (Wildman–Crippen MR) is 173 cm³/mol. The number of benzene rings is 2. The van der Waals surface area contributed by atoms with E-state index in [2.05, 4.69) is 83.8 Å². The number of amides is 1. The molecule has 232 valence electrons. The van der Waals surface area contributed by atoms with Gasteiger partial charge < -0.3 is 24.2 Å². The summed E-state index contributed by atoms with van der Waals surface area (Å²) in [4.78, 5) is 26.1. The number of hydrogen-bond donors (Lipinski definition) is 0. The van der Waals surface area contributed by atoms with E-state index in [9.17, 15) is 15.3 Å². The van der Waals surface area contributed by atoms with Gasteiger partial charge in [-0.15, -0.1) is 0 Å². The monoisotopic (exact) mass is 605 g/mol. The number of piperazine rings is 1. The molecule has 0 saturated carbocycles. The van der Waals surface area contributed by atoms with Gasteiger partial charge in [0.15, 0.2) is 0 Å². The Morgan fingerprint density at radius 3 is 2.71 bits per heavy atom. The van der Waals surface area contributed by atoms with E-state index in [0.717, 1.165) is 35.7 Å². The summed E-state index contributed by atoms with van der Waals surface area (Å²) >= 11 is 0. The van der Waals surface area contributed by atoms with Crippen LogP contribution in [0.3, 0.4) is 0 Å². The number of likely N-dealkylation sites (N-methyl/N-ethyl adjacent to an activating group) is 1. The topological polar surface area (TPSA) is 109 Å². The van der Waals surface area contributed by atoms with Gasteiger partial charge in [-0.2, -0.15) is 10.5 Å². The number of nitrogens with zero attached hydrogens (tertiary/aromatic N) is 7. The Labute approximate surface area is 264 Å². The first-order valence-corrected chi connectivity index (χ1v) is 15.6. The maximum absolute atomic E-state index is 12.6. The highest BCUT2D eigenvalue weighted by atomic mass is 16.5. The van der Waals surface area contributed by atoms with Crippen LogP contribution in [0.15, 0.2) is 49.1 Å². The van der Waals surface area contributed by atoms with E-state index in [-0.39, 0.29) is 24.4 Å². The first kappa shape index (κ1) is 30.4. The van der Waals surface area contributed by atoms with Gasteiger partial charge in [-0.05, 0) is 43.5 Å². The van der Waals surface area contributed by atoms with Crippen LogP contribution >= 0.6 is 0 Å². The number of nitriles is 2. The molecule has 3 aromatic rings. The SMILES string of the molecule is C=CC(=O)N1CCN(c2c(C#N)c(OCC3COCCN3C)nc3c2CCN(c2cccc4cccc(C)c24)C3)CC1CC#N. The minimum Gasteiger partial charge on any atom is -0.475 e. The number of ether oxygens (including phenoxy) is 2. The van der Waals surface area contributed by atoms with Crippen molar-refractivity contribution in [1.82, 2.24) is 14.8 Å². The zero-order valence-corrected chi connectivity index (χ0v) is 26.0. The highest BCUT2D eigenvalue weighted by Crippen LogP contribution is 2.40. The number of fused-ring (bicyclic) bond motifs is 2. The summed E-state index contributed by atoms with van der Waals surface area (Å²) in [5.74, 6) is 0.138. The molecule has 2 fully saturated rings. The molecule has 1 amide bonds. The fourth-order valence-electron chi connectivity index (χ4n) is 6.90. The van der Waals surface area contributed by atoms with Crippen LogP contribution in [0.2, 0.25) is 0 Å². The largest absolute Gasteiger partial charge is 0.475 e. The lowest BCUT2D eigenvalue weighted by atomic mass is 9.95. The second-order valence-corrected chi connectivity index (χ2v) is 12.0. The fourth-order valence-corrected chi connectivity index (χ4v) is 6.90. The van der Waals surface area contributed by atoms with E-state index in [1.165, 1.54) is 22.4 Å². The van der Waals surface area contributed by atoms with Crippen LogP contribution in [0.5, 0.6) is 5.88 Å². The molecule has 10 nitrogen and oxygen atoms in total. The maximum atomic E-state index is 12.6. The average Bonchev–Trinajstić information content (AvgIpc) is 3.06. The van der Waals surface area contributed by atoms with Crippen LogP contribution in [0.1, 0.15) is 28.8 Å². The van der Waals surface area contributed by atoms with Crippen molar-refractivity contribution in [2.45, 2.75) is 38.4 Å². The van der Waals surface area contributed by atoms with Crippen LogP contribution < -0.4 is 14.5 Å². The van der Waals surface area contributed by atoms with Crippen molar-refractivity contribution in [3.63, 3.8) is 0 Å². The molecule has 45 heavy (non-hydrogen) atoms. The molecule has 3 aliphatic rings. The number of morpholine rings is 1. The molecule has 2 unspecified atom stereocenters. The normalized spacial score (nSPS) is 20.3. The van der Waals surface area contributed by atoms with Crippen LogP contribution in [0.4, 0.5) is 11.4 Å². The minimum absolute atomic E-state index is 0.0511. The van der Waals surface area contributed by atoms with Crippen molar-refractivity contribution in [3.05, 3.63) is 71.4 Å². The molecular weight excluding hydrogens is 566 g/mol. The number of aromatic nitrogens is 1. The molecule has 4 heterocycles. The number of pyridine rings is 1. The Morgan fingerprint density at radius 2 is 1.96 bits per heavy atom. The van der Waals surface area contributed by atoms with E-state index in [1.807, 2.05) is 0 Å². The van der Waals surface area contributed by atoms with E-state index in [0.29, 0.717) is 63.9 Å². The third kappa shape index (κ3) is 5.92. The predicted octanol–water partition coefficient (Wildman–Crippen LogP) is 3.80. The first-order valence-electron chi connectivity index (χ1n) is 15.6. The molecule has 0 radical (unpaired) electrons. The Morgan fingerprint density at radius 1 is 1.13 bits per heavy atom. The van der Waals surface area contributed by atoms with Crippen molar-refractivity contribution >= 4 is 28.1 Å². The average molecular weight is 606 g/mol. The molecule has 2 aromatic carbocycles. The van der Waals surface area contributed by atoms with Crippen LogP contribution in [0.25, 0.3) is 10.8 Å². The third-order valence-corrected chi connectivity index (χ3v) is 9.36. The molecular formula is C35H39N7O3. The number of carbonyl (C=O) groups excluding carboxylic acids is 1. The summed E-state index contributed by atoms with van der Waals surface area (Å²) in [6.45, 7) is 10.9. The Bertz CT molecular complexity index is 1690. The van der Waals surface area contributed by atoms with Gasteiger partial charge in [0.1, 0.15) is 18.2 Å². The second-order valence-electron chi connectivity index (χ2n) is 12.0. The van der Waals surface area contributed by atoms with E-state index in [1.54, 1.807) is 4.90 Å². The van der Waals surface area contributed by atoms with Crippen molar-refractivity contribution < 1.29 is 14.3 Å². The molecule has 6 rings (SSSR count). The first-order chi connectivity index (χ1) is 21.9.